The number of nitrogens with zero attached hydrogens (tertiary/aromatic N) is 1. The van der Waals surface area contributed by atoms with Gasteiger partial charge in [0.05, 0.1) is 7.11 Å². The van der Waals surface area contributed by atoms with E-state index in [4.69, 9.17) is 0 Å². The van der Waals surface area contributed by atoms with Gasteiger partial charge in [-0.05, 0) is 6.07 Å². The first kappa shape index (κ1) is 8.59. The van der Waals surface area contributed by atoms with E-state index in [9.17, 15) is 4.79 Å². The molecule has 0 spiro atoms. The second-order valence-corrected chi connectivity index (χ2v) is 2.43. The average molecular weight is 165 g/mol. The molecule has 12 heavy (non-hydrogen) atoms. The molecule has 1 aromatic rings. The van der Waals surface area contributed by atoms with E-state index in [0.29, 0.717) is 5.69 Å². The maximum Gasteiger partial charge on any atom is 0.355 e. The summed E-state index contributed by atoms with van der Waals surface area (Å²) in [4.78, 5) is 11.2. The molecular weight excluding hydrogens is 154 g/mol. The number of aryl methyl sites for hydroxylation is 1. The summed E-state index contributed by atoms with van der Waals surface area (Å²) >= 11 is 0. The van der Waals surface area contributed by atoms with Crippen molar-refractivity contribution in [2.45, 2.75) is 0 Å². The molecule has 0 aromatic carbocycles. The molecule has 0 aliphatic carbocycles. The smallest absolute Gasteiger partial charge is 0.355 e. The normalized spacial score (nSPS) is 9.50. The molecule has 0 saturated heterocycles. The highest BCUT2D eigenvalue weighted by atomic mass is 16.5. The van der Waals surface area contributed by atoms with Gasteiger partial charge in [0, 0.05) is 18.8 Å². The van der Waals surface area contributed by atoms with Crippen LogP contribution < -0.4 is 0 Å². The van der Waals surface area contributed by atoms with Gasteiger partial charge in [-0.15, -0.1) is 0 Å². The first-order valence-electron chi connectivity index (χ1n) is 3.56. The number of carbonyl (C=O) groups is 1. The van der Waals surface area contributed by atoms with E-state index in [0.717, 1.165) is 5.56 Å². The minimum atomic E-state index is -0.336. The van der Waals surface area contributed by atoms with Crippen molar-refractivity contribution < 1.29 is 9.53 Å². The third kappa shape index (κ3) is 1.25. The third-order valence-corrected chi connectivity index (χ3v) is 1.70. The molecule has 0 aliphatic heterocycles. The van der Waals surface area contributed by atoms with E-state index in [1.54, 1.807) is 23.9 Å². The zero-order chi connectivity index (χ0) is 9.14. The summed E-state index contributed by atoms with van der Waals surface area (Å²) < 4.78 is 6.32. The van der Waals surface area contributed by atoms with Crippen LogP contribution in [0.15, 0.2) is 18.8 Å². The fourth-order valence-corrected chi connectivity index (χ4v) is 1.07. The Balaban J connectivity index is 3.18. The van der Waals surface area contributed by atoms with Gasteiger partial charge in [-0.1, -0.05) is 12.7 Å². The molecule has 1 heterocycles. The molecule has 1 rings (SSSR count). The molecule has 0 saturated carbocycles. The zero-order valence-corrected chi connectivity index (χ0v) is 7.20. The van der Waals surface area contributed by atoms with Gasteiger partial charge in [0.15, 0.2) is 0 Å². The molecule has 0 amide bonds. The van der Waals surface area contributed by atoms with Gasteiger partial charge in [-0.3, -0.25) is 0 Å². The average Bonchev–Trinajstić information content (AvgIpc) is 2.45. The summed E-state index contributed by atoms with van der Waals surface area (Å²) in [6.07, 6.45) is 3.43. The first-order chi connectivity index (χ1) is 5.70. The van der Waals surface area contributed by atoms with Crippen molar-refractivity contribution in [3.8, 4) is 0 Å². The number of carbonyl (C=O) groups excluding carboxylic acids is 1. The minimum absolute atomic E-state index is 0.336. The predicted octanol–water partition coefficient (Wildman–Crippen LogP) is 1.45. The monoisotopic (exact) mass is 165 g/mol. The Morgan fingerprint density at radius 1 is 1.75 bits per heavy atom. The van der Waals surface area contributed by atoms with Crippen molar-refractivity contribution in [2.24, 2.45) is 7.05 Å². The Hall–Kier alpha value is -1.51. The Kier molecular flexibility index (Phi) is 2.33. The lowest BCUT2D eigenvalue weighted by Gasteiger charge is -2.01. The van der Waals surface area contributed by atoms with E-state index >= 15 is 0 Å². The third-order valence-electron chi connectivity index (χ3n) is 1.70. The fraction of sp³-hybridized carbons (Fsp3) is 0.222. The van der Waals surface area contributed by atoms with Crippen LogP contribution in [0.1, 0.15) is 16.1 Å². The van der Waals surface area contributed by atoms with Crippen molar-refractivity contribution in [1.82, 2.24) is 4.57 Å². The summed E-state index contributed by atoms with van der Waals surface area (Å²) in [6.45, 7) is 3.60. The van der Waals surface area contributed by atoms with Crippen molar-refractivity contribution in [3.05, 3.63) is 30.1 Å². The summed E-state index contributed by atoms with van der Waals surface area (Å²) in [7, 11) is 3.15. The summed E-state index contributed by atoms with van der Waals surface area (Å²) in [5, 5.41) is 0. The first-order valence-corrected chi connectivity index (χ1v) is 3.56. The lowest BCUT2D eigenvalue weighted by Crippen LogP contribution is -2.08. The van der Waals surface area contributed by atoms with E-state index < -0.39 is 0 Å². The summed E-state index contributed by atoms with van der Waals surface area (Å²) in [5.41, 5.74) is 1.33. The van der Waals surface area contributed by atoms with Crippen molar-refractivity contribution in [3.63, 3.8) is 0 Å². The Morgan fingerprint density at radius 3 is 2.92 bits per heavy atom. The molecule has 64 valence electrons. The van der Waals surface area contributed by atoms with Crippen LogP contribution in [0.25, 0.3) is 6.08 Å². The molecular formula is C9H11NO2. The maximum absolute atomic E-state index is 11.2. The van der Waals surface area contributed by atoms with Crippen molar-refractivity contribution in [2.75, 3.05) is 7.11 Å². The molecule has 0 unspecified atom stereocenters. The minimum Gasteiger partial charge on any atom is -0.464 e. The predicted molar refractivity (Wildman–Crippen MR) is 46.8 cm³/mol. The van der Waals surface area contributed by atoms with Gasteiger partial charge in [-0.2, -0.15) is 0 Å². The van der Waals surface area contributed by atoms with Gasteiger partial charge in [0.1, 0.15) is 5.69 Å². The highest BCUT2D eigenvalue weighted by Gasteiger charge is 2.12. The van der Waals surface area contributed by atoms with E-state index in [2.05, 4.69) is 11.3 Å². The summed E-state index contributed by atoms with van der Waals surface area (Å²) in [5.74, 6) is -0.336. The molecule has 1 aromatic heterocycles. The lowest BCUT2D eigenvalue weighted by atomic mass is 10.2. The van der Waals surface area contributed by atoms with Gasteiger partial charge in [0.25, 0.3) is 0 Å². The number of aromatic nitrogens is 1. The second-order valence-electron chi connectivity index (χ2n) is 2.43. The number of methoxy groups -OCH3 is 1. The molecule has 0 atom stereocenters. The van der Waals surface area contributed by atoms with E-state index in [-0.39, 0.29) is 5.97 Å². The van der Waals surface area contributed by atoms with Crippen molar-refractivity contribution in [1.29, 1.82) is 0 Å². The molecule has 0 aliphatic rings. The molecule has 0 radical (unpaired) electrons. The number of rotatable bonds is 2. The van der Waals surface area contributed by atoms with Gasteiger partial charge in [-0.25, -0.2) is 4.79 Å². The number of hydrogen-bond acceptors (Lipinski definition) is 2. The van der Waals surface area contributed by atoms with Gasteiger partial charge in [0.2, 0.25) is 0 Å². The van der Waals surface area contributed by atoms with Crippen LogP contribution in [0.3, 0.4) is 0 Å². The Bertz CT molecular complexity index is 312. The largest absolute Gasteiger partial charge is 0.464 e. The second kappa shape index (κ2) is 3.26. The van der Waals surface area contributed by atoms with Crippen LogP contribution >= 0.6 is 0 Å². The van der Waals surface area contributed by atoms with E-state index in [1.807, 2.05) is 6.07 Å². The Labute approximate surface area is 71.3 Å². The van der Waals surface area contributed by atoms with Gasteiger partial charge < -0.3 is 9.30 Å². The highest BCUT2D eigenvalue weighted by molar-refractivity contribution is 5.91. The van der Waals surface area contributed by atoms with Gasteiger partial charge >= 0.3 is 5.97 Å². The van der Waals surface area contributed by atoms with Crippen molar-refractivity contribution >= 4 is 12.0 Å². The number of hydrogen-bond donors (Lipinski definition) is 0. The maximum atomic E-state index is 11.2. The molecule has 0 fully saturated rings. The van der Waals surface area contributed by atoms with E-state index in [1.165, 1.54) is 7.11 Å². The standard InChI is InChI=1S/C9H11NO2/c1-4-7-5-6-10(2)8(7)9(11)12-3/h4-6H,1H2,2-3H3. The molecule has 3 heteroatoms. The van der Waals surface area contributed by atoms with Crippen LogP contribution in [-0.4, -0.2) is 17.6 Å². The molecule has 0 N–H and O–H groups in total. The number of ether oxygens (including phenoxy) is 1. The molecule has 3 nitrogen and oxygen atoms in total. The van der Waals surface area contributed by atoms with Crippen LogP contribution in [0, 0.1) is 0 Å². The zero-order valence-electron chi connectivity index (χ0n) is 7.20. The van der Waals surface area contributed by atoms with Crippen LogP contribution in [0.2, 0.25) is 0 Å². The topological polar surface area (TPSA) is 31.2 Å². The van der Waals surface area contributed by atoms with Crippen LogP contribution in [-0.2, 0) is 11.8 Å². The summed E-state index contributed by atoms with van der Waals surface area (Å²) in [6, 6.07) is 1.82. The van der Waals surface area contributed by atoms with Crippen LogP contribution in [0.4, 0.5) is 0 Å². The lowest BCUT2D eigenvalue weighted by molar-refractivity contribution is 0.0589. The Morgan fingerprint density at radius 2 is 2.42 bits per heavy atom. The fourth-order valence-electron chi connectivity index (χ4n) is 1.07. The quantitative estimate of drug-likeness (QED) is 0.621. The highest BCUT2D eigenvalue weighted by Crippen LogP contribution is 2.11. The number of esters is 1. The SMILES string of the molecule is C=Cc1ccn(C)c1C(=O)OC. The molecule has 0 bridgehead atoms. The van der Waals surface area contributed by atoms with Crippen LogP contribution in [0.5, 0.6) is 0 Å².